The average Bonchev–Trinajstić information content (AvgIpc) is 2.44. The maximum Gasteiger partial charge on any atom is 0.308 e. The average molecular weight is 272 g/mol. The summed E-state index contributed by atoms with van der Waals surface area (Å²) in [6.45, 7) is 6.41. The highest BCUT2D eigenvalue weighted by Crippen LogP contribution is 2.12. The predicted molar refractivity (Wildman–Crippen MR) is 70.7 cm³/mol. The monoisotopic (exact) mass is 272 g/mol. The highest BCUT2D eigenvalue weighted by molar-refractivity contribution is 5.81. The summed E-state index contributed by atoms with van der Waals surface area (Å²) in [6.07, 6.45) is 0.964. The minimum atomic E-state index is -0.282. The summed E-state index contributed by atoms with van der Waals surface area (Å²) in [5, 5.41) is 2.88. The minimum Gasteiger partial charge on any atom is -0.469 e. The molecule has 1 fully saturated rings. The second kappa shape index (κ2) is 8.12. The lowest BCUT2D eigenvalue weighted by molar-refractivity contribution is -0.146. The van der Waals surface area contributed by atoms with Crippen molar-refractivity contribution in [2.75, 3.05) is 33.4 Å². The van der Waals surface area contributed by atoms with Gasteiger partial charge in [0, 0.05) is 19.6 Å². The van der Waals surface area contributed by atoms with Crippen molar-refractivity contribution in [1.82, 2.24) is 10.2 Å². The molecule has 1 saturated heterocycles. The molecule has 1 amide bonds. The van der Waals surface area contributed by atoms with Crippen molar-refractivity contribution in [1.29, 1.82) is 0 Å². The first-order valence-electron chi connectivity index (χ1n) is 6.78. The van der Waals surface area contributed by atoms with E-state index in [1.165, 1.54) is 7.11 Å². The summed E-state index contributed by atoms with van der Waals surface area (Å²) in [6, 6.07) is -0.199. The normalized spacial score (nSPS) is 21.7. The number of carbonyl (C=O) groups is 2. The van der Waals surface area contributed by atoms with Crippen LogP contribution < -0.4 is 5.32 Å². The Kier molecular flexibility index (Phi) is 6.80. The van der Waals surface area contributed by atoms with E-state index in [1.54, 1.807) is 0 Å². The van der Waals surface area contributed by atoms with Crippen LogP contribution in [-0.2, 0) is 19.1 Å². The van der Waals surface area contributed by atoms with Gasteiger partial charge >= 0.3 is 5.97 Å². The fourth-order valence-corrected chi connectivity index (χ4v) is 2.05. The van der Waals surface area contributed by atoms with Crippen molar-refractivity contribution < 1.29 is 19.1 Å². The van der Waals surface area contributed by atoms with Crippen LogP contribution in [-0.4, -0.2) is 62.3 Å². The number of hydrogen-bond acceptors (Lipinski definition) is 5. The molecule has 19 heavy (non-hydrogen) atoms. The van der Waals surface area contributed by atoms with E-state index >= 15 is 0 Å². The van der Waals surface area contributed by atoms with Gasteiger partial charge in [-0.2, -0.15) is 0 Å². The summed E-state index contributed by atoms with van der Waals surface area (Å²) in [5.74, 6) is -0.254. The van der Waals surface area contributed by atoms with Gasteiger partial charge in [0.1, 0.15) is 0 Å². The topological polar surface area (TPSA) is 67.9 Å². The van der Waals surface area contributed by atoms with E-state index in [1.807, 2.05) is 18.7 Å². The molecule has 0 aromatic carbocycles. The Morgan fingerprint density at radius 1 is 1.53 bits per heavy atom. The number of methoxy groups -OCH3 is 1. The quantitative estimate of drug-likeness (QED) is 0.698. The molecular weight excluding hydrogens is 248 g/mol. The standard InChI is InChI=1S/C13H24N2O4/c1-4-5-14-13(17)10(2)15-6-7-19-11(9-15)8-12(16)18-3/h10-11H,4-9H2,1-3H3,(H,14,17). The van der Waals surface area contributed by atoms with Crippen LogP contribution in [0.15, 0.2) is 0 Å². The molecular formula is C13H24N2O4. The van der Waals surface area contributed by atoms with Crippen molar-refractivity contribution in [3.63, 3.8) is 0 Å². The second-order valence-electron chi connectivity index (χ2n) is 4.73. The smallest absolute Gasteiger partial charge is 0.308 e. The largest absolute Gasteiger partial charge is 0.469 e. The highest BCUT2D eigenvalue weighted by Gasteiger charge is 2.29. The Hall–Kier alpha value is -1.14. The zero-order chi connectivity index (χ0) is 14.3. The van der Waals surface area contributed by atoms with Crippen LogP contribution in [0.3, 0.4) is 0 Å². The zero-order valence-corrected chi connectivity index (χ0v) is 12.0. The molecule has 1 N–H and O–H groups in total. The lowest BCUT2D eigenvalue weighted by Crippen LogP contribution is -2.52. The number of amides is 1. The van der Waals surface area contributed by atoms with Crippen LogP contribution in [0.2, 0.25) is 0 Å². The van der Waals surface area contributed by atoms with E-state index in [9.17, 15) is 9.59 Å². The Labute approximate surface area is 114 Å². The van der Waals surface area contributed by atoms with Gasteiger partial charge in [0.2, 0.25) is 5.91 Å². The first-order valence-corrected chi connectivity index (χ1v) is 6.78. The van der Waals surface area contributed by atoms with Crippen LogP contribution in [0.1, 0.15) is 26.7 Å². The van der Waals surface area contributed by atoms with Gasteiger partial charge < -0.3 is 14.8 Å². The summed E-state index contributed by atoms with van der Waals surface area (Å²) in [5.41, 5.74) is 0. The molecule has 0 saturated carbocycles. The molecule has 110 valence electrons. The summed E-state index contributed by atoms with van der Waals surface area (Å²) >= 11 is 0. The van der Waals surface area contributed by atoms with E-state index < -0.39 is 0 Å². The van der Waals surface area contributed by atoms with Crippen LogP contribution in [0, 0.1) is 0 Å². The van der Waals surface area contributed by atoms with Gasteiger partial charge in [-0.25, -0.2) is 0 Å². The summed E-state index contributed by atoms with van der Waals surface area (Å²) in [7, 11) is 1.36. The number of morpholine rings is 1. The fraction of sp³-hybridized carbons (Fsp3) is 0.846. The van der Waals surface area contributed by atoms with Crippen LogP contribution >= 0.6 is 0 Å². The van der Waals surface area contributed by atoms with E-state index in [4.69, 9.17) is 4.74 Å². The Bertz CT molecular complexity index is 309. The SMILES string of the molecule is CCCNC(=O)C(C)N1CCOC(CC(=O)OC)C1. The third-order valence-corrected chi connectivity index (χ3v) is 3.27. The van der Waals surface area contributed by atoms with Gasteiger partial charge in [-0.05, 0) is 13.3 Å². The van der Waals surface area contributed by atoms with Gasteiger partial charge in [0.15, 0.2) is 0 Å². The fourth-order valence-electron chi connectivity index (χ4n) is 2.05. The van der Waals surface area contributed by atoms with Crippen molar-refractivity contribution in [3.05, 3.63) is 0 Å². The molecule has 1 aliphatic heterocycles. The number of carbonyl (C=O) groups excluding carboxylic acids is 2. The predicted octanol–water partition coefficient (Wildman–Crippen LogP) is 0.165. The molecule has 2 unspecified atom stereocenters. The number of hydrogen-bond donors (Lipinski definition) is 1. The number of nitrogens with one attached hydrogen (secondary N) is 1. The van der Waals surface area contributed by atoms with Crippen LogP contribution in [0.4, 0.5) is 0 Å². The number of esters is 1. The van der Waals surface area contributed by atoms with Gasteiger partial charge in [-0.15, -0.1) is 0 Å². The summed E-state index contributed by atoms with van der Waals surface area (Å²) in [4.78, 5) is 25.2. The molecule has 0 aromatic heterocycles. The van der Waals surface area contributed by atoms with Gasteiger partial charge in [0.05, 0.1) is 32.3 Å². The molecule has 0 aromatic rings. The molecule has 6 heteroatoms. The molecule has 1 heterocycles. The van der Waals surface area contributed by atoms with Crippen LogP contribution in [0.25, 0.3) is 0 Å². The van der Waals surface area contributed by atoms with Crippen molar-refractivity contribution >= 4 is 11.9 Å². The van der Waals surface area contributed by atoms with Crippen molar-refractivity contribution in [2.45, 2.75) is 38.8 Å². The van der Waals surface area contributed by atoms with Crippen molar-refractivity contribution in [2.24, 2.45) is 0 Å². The summed E-state index contributed by atoms with van der Waals surface area (Å²) < 4.78 is 10.2. The maximum atomic E-state index is 11.9. The third-order valence-electron chi connectivity index (χ3n) is 3.27. The Morgan fingerprint density at radius 2 is 2.26 bits per heavy atom. The molecule has 1 aliphatic rings. The lowest BCUT2D eigenvalue weighted by Gasteiger charge is -2.35. The van der Waals surface area contributed by atoms with Gasteiger partial charge in [-0.1, -0.05) is 6.92 Å². The highest BCUT2D eigenvalue weighted by atomic mass is 16.5. The van der Waals surface area contributed by atoms with E-state index in [-0.39, 0.29) is 30.4 Å². The molecule has 2 atom stereocenters. The Morgan fingerprint density at radius 3 is 2.89 bits per heavy atom. The van der Waals surface area contributed by atoms with E-state index in [0.29, 0.717) is 26.2 Å². The molecule has 0 aliphatic carbocycles. The first-order chi connectivity index (χ1) is 9.08. The molecule has 0 bridgehead atoms. The molecule has 6 nitrogen and oxygen atoms in total. The number of rotatable bonds is 6. The molecule has 1 rings (SSSR count). The van der Waals surface area contributed by atoms with Gasteiger partial charge in [-0.3, -0.25) is 14.5 Å². The second-order valence-corrected chi connectivity index (χ2v) is 4.73. The minimum absolute atomic E-state index is 0.0283. The van der Waals surface area contributed by atoms with Crippen LogP contribution in [0.5, 0.6) is 0 Å². The van der Waals surface area contributed by atoms with E-state index in [2.05, 4.69) is 10.1 Å². The molecule has 0 spiro atoms. The first kappa shape index (κ1) is 15.9. The lowest BCUT2D eigenvalue weighted by atomic mass is 10.1. The van der Waals surface area contributed by atoms with Crippen molar-refractivity contribution in [3.8, 4) is 0 Å². The number of nitrogens with zero attached hydrogens (tertiary/aromatic N) is 1. The maximum absolute atomic E-state index is 11.9. The zero-order valence-electron chi connectivity index (χ0n) is 12.0. The van der Waals surface area contributed by atoms with E-state index in [0.717, 1.165) is 6.42 Å². The molecule has 0 radical (unpaired) electrons. The third kappa shape index (κ3) is 5.16. The number of ether oxygens (including phenoxy) is 2. The van der Waals surface area contributed by atoms with Gasteiger partial charge in [0.25, 0.3) is 0 Å². The Balaban J connectivity index is 2.44.